The Morgan fingerprint density at radius 2 is 1.97 bits per heavy atom. The molecule has 0 fully saturated rings. The average Bonchev–Trinajstić information content (AvgIpc) is 3.37. The fraction of sp³-hybridized carbons (Fsp3) is 0.333. The molecule has 3 rings (SSSR count). The van der Waals surface area contributed by atoms with Gasteiger partial charge in [-0.2, -0.15) is 5.10 Å². The summed E-state index contributed by atoms with van der Waals surface area (Å²) in [5.41, 5.74) is 2.72. The number of guanidine groups is 1. The second kappa shape index (κ2) is 13.0. The van der Waals surface area contributed by atoms with Crippen LogP contribution in [-0.2, 0) is 0 Å². The van der Waals surface area contributed by atoms with Gasteiger partial charge < -0.3 is 25.2 Å². The molecule has 178 valence electrons. The third-order valence-corrected chi connectivity index (χ3v) is 5.05. The van der Waals surface area contributed by atoms with Gasteiger partial charge in [0.2, 0.25) is 0 Å². The van der Waals surface area contributed by atoms with Crippen LogP contribution in [0.4, 0.5) is 0 Å². The number of aliphatic imine (C=N–C) groups is 1. The van der Waals surface area contributed by atoms with Crippen LogP contribution in [0.15, 0.2) is 65.9 Å². The second-order valence-electron chi connectivity index (χ2n) is 7.25. The Hall–Kier alpha value is -2.79. The number of benzene rings is 2. The van der Waals surface area contributed by atoms with Gasteiger partial charge in [-0.1, -0.05) is 12.1 Å². The van der Waals surface area contributed by atoms with Crippen molar-refractivity contribution in [1.29, 1.82) is 0 Å². The number of ether oxygens (including phenoxy) is 2. The summed E-state index contributed by atoms with van der Waals surface area (Å²) in [5.74, 6) is 1.86. The molecule has 0 saturated carbocycles. The molecule has 0 aliphatic heterocycles. The van der Waals surface area contributed by atoms with Crippen LogP contribution in [0.2, 0.25) is 0 Å². The molecular weight excluding hydrogens is 533 g/mol. The van der Waals surface area contributed by atoms with Gasteiger partial charge in [-0.25, -0.2) is 4.68 Å². The molecule has 3 N–H and O–H groups in total. The minimum Gasteiger partial charge on any atom is -0.497 e. The minimum absolute atomic E-state index is 0. The molecule has 2 atom stereocenters. The van der Waals surface area contributed by atoms with Crippen LogP contribution in [0, 0.1) is 0 Å². The Kier molecular flexibility index (Phi) is 10.5. The number of aromatic nitrogens is 2. The number of nitrogens with zero attached hydrogens (tertiary/aromatic N) is 3. The Bertz CT molecular complexity index is 1030. The van der Waals surface area contributed by atoms with Gasteiger partial charge in [0.15, 0.2) is 5.96 Å². The van der Waals surface area contributed by atoms with Crippen molar-refractivity contribution in [2.45, 2.75) is 26.0 Å². The molecule has 0 amide bonds. The van der Waals surface area contributed by atoms with E-state index in [9.17, 15) is 5.11 Å². The summed E-state index contributed by atoms with van der Waals surface area (Å²) in [5, 5.41) is 21.7. The predicted octanol–water partition coefficient (Wildman–Crippen LogP) is 3.86. The number of hydrogen-bond acceptors (Lipinski definition) is 5. The zero-order chi connectivity index (χ0) is 22.9. The van der Waals surface area contributed by atoms with Crippen molar-refractivity contribution in [1.82, 2.24) is 20.4 Å². The zero-order valence-corrected chi connectivity index (χ0v) is 21.7. The van der Waals surface area contributed by atoms with Gasteiger partial charge in [0, 0.05) is 24.5 Å². The molecule has 33 heavy (non-hydrogen) atoms. The quantitative estimate of drug-likeness (QED) is 0.208. The molecule has 3 aromatic rings. The third kappa shape index (κ3) is 7.10. The Balaban J connectivity index is 0.00000385. The molecule has 2 unspecified atom stereocenters. The highest BCUT2D eigenvalue weighted by atomic mass is 127. The maximum atomic E-state index is 10.8. The normalized spacial score (nSPS) is 12.9. The molecule has 2 aromatic carbocycles. The van der Waals surface area contributed by atoms with Crippen molar-refractivity contribution in [2.24, 2.45) is 4.99 Å². The lowest BCUT2D eigenvalue weighted by atomic mass is 10.1. The number of nitrogens with one attached hydrogen (secondary N) is 2. The van der Waals surface area contributed by atoms with Gasteiger partial charge in [-0.3, -0.25) is 4.99 Å². The first-order valence-corrected chi connectivity index (χ1v) is 10.6. The zero-order valence-electron chi connectivity index (χ0n) is 19.4. The molecule has 9 heteroatoms. The van der Waals surface area contributed by atoms with Crippen LogP contribution in [0.5, 0.6) is 11.5 Å². The van der Waals surface area contributed by atoms with Crippen LogP contribution in [0.3, 0.4) is 0 Å². The van der Waals surface area contributed by atoms with E-state index in [0.717, 1.165) is 11.3 Å². The summed E-state index contributed by atoms with van der Waals surface area (Å²) in [6.45, 7) is 4.93. The molecule has 0 saturated heterocycles. The van der Waals surface area contributed by atoms with Crippen molar-refractivity contribution >= 4 is 29.9 Å². The first kappa shape index (κ1) is 26.5. The van der Waals surface area contributed by atoms with Crippen LogP contribution < -0.4 is 20.1 Å². The summed E-state index contributed by atoms with van der Waals surface area (Å²) in [6, 6.07) is 15.4. The van der Waals surface area contributed by atoms with Crippen molar-refractivity contribution in [3.05, 3.63) is 72.1 Å². The first-order valence-electron chi connectivity index (χ1n) is 10.6. The number of aliphatic hydroxyl groups excluding tert-OH is 1. The van der Waals surface area contributed by atoms with Gasteiger partial charge in [0.05, 0.1) is 32.5 Å². The summed E-state index contributed by atoms with van der Waals surface area (Å²) in [7, 11) is 3.16. The number of rotatable bonds is 9. The van der Waals surface area contributed by atoms with Crippen LogP contribution in [-0.4, -0.2) is 48.2 Å². The topological polar surface area (TPSA) is 92.9 Å². The molecule has 0 bridgehead atoms. The molecule has 0 spiro atoms. The van der Waals surface area contributed by atoms with E-state index in [2.05, 4.69) is 39.8 Å². The monoisotopic (exact) mass is 565 g/mol. The van der Waals surface area contributed by atoms with E-state index in [-0.39, 0.29) is 36.6 Å². The molecule has 0 aliphatic rings. The van der Waals surface area contributed by atoms with Crippen molar-refractivity contribution < 1.29 is 14.6 Å². The Labute approximate surface area is 212 Å². The number of hydrogen-bond donors (Lipinski definition) is 3. The van der Waals surface area contributed by atoms with E-state index in [1.54, 1.807) is 38.6 Å². The Morgan fingerprint density at radius 3 is 2.64 bits per heavy atom. The first-order chi connectivity index (χ1) is 15.5. The summed E-state index contributed by atoms with van der Waals surface area (Å²) in [4.78, 5) is 4.59. The maximum absolute atomic E-state index is 10.8. The summed E-state index contributed by atoms with van der Waals surface area (Å²) >= 11 is 0. The van der Waals surface area contributed by atoms with Gasteiger partial charge in [-0.15, -0.1) is 24.0 Å². The number of methoxy groups -OCH3 is 2. The van der Waals surface area contributed by atoms with Crippen LogP contribution >= 0.6 is 24.0 Å². The van der Waals surface area contributed by atoms with Gasteiger partial charge in [-0.05, 0) is 55.8 Å². The van der Waals surface area contributed by atoms with Crippen LogP contribution in [0.25, 0.3) is 5.69 Å². The van der Waals surface area contributed by atoms with E-state index in [1.807, 2.05) is 36.0 Å². The fourth-order valence-corrected chi connectivity index (χ4v) is 3.34. The molecule has 0 aliphatic carbocycles. The van der Waals surface area contributed by atoms with E-state index < -0.39 is 6.10 Å². The van der Waals surface area contributed by atoms with E-state index in [4.69, 9.17) is 9.47 Å². The number of aliphatic hydroxyl groups is 1. The SMILES string of the molecule is CCNC(=NCC(O)c1cc(OC)ccc1OC)NC(C)c1cccc(-n2cccn2)c1.I. The second-order valence-corrected chi connectivity index (χ2v) is 7.25. The van der Waals surface area contributed by atoms with E-state index in [1.165, 1.54) is 0 Å². The molecule has 8 nitrogen and oxygen atoms in total. The van der Waals surface area contributed by atoms with Crippen molar-refractivity contribution in [3.8, 4) is 17.2 Å². The van der Waals surface area contributed by atoms with Crippen LogP contribution in [0.1, 0.15) is 37.1 Å². The fourth-order valence-electron chi connectivity index (χ4n) is 3.34. The van der Waals surface area contributed by atoms with Gasteiger partial charge >= 0.3 is 0 Å². The van der Waals surface area contributed by atoms with E-state index >= 15 is 0 Å². The third-order valence-electron chi connectivity index (χ3n) is 5.05. The lowest BCUT2D eigenvalue weighted by Crippen LogP contribution is -2.39. The largest absolute Gasteiger partial charge is 0.497 e. The summed E-state index contributed by atoms with van der Waals surface area (Å²) < 4.78 is 12.5. The highest BCUT2D eigenvalue weighted by molar-refractivity contribution is 14.0. The highest BCUT2D eigenvalue weighted by Gasteiger charge is 2.15. The van der Waals surface area contributed by atoms with Crippen molar-refractivity contribution in [3.63, 3.8) is 0 Å². The summed E-state index contributed by atoms with van der Waals surface area (Å²) in [6.07, 6.45) is 2.83. The van der Waals surface area contributed by atoms with Gasteiger partial charge in [0.25, 0.3) is 0 Å². The molecule has 0 radical (unpaired) electrons. The lowest BCUT2D eigenvalue weighted by molar-refractivity contribution is 0.182. The maximum Gasteiger partial charge on any atom is 0.191 e. The van der Waals surface area contributed by atoms with Crippen molar-refractivity contribution in [2.75, 3.05) is 27.3 Å². The molecule has 1 heterocycles. The minimum atomic E-state index is -0.839. The predicted molar refractivity (Wildman–Crippen MR) is 141 cm³/mol. The number of halogens is 1. The highest BCUT2D eigenvalue weighted by Crippen LogP contribution is 2.29. The molecular formula is C24H32IN5O3. The smallest absolute Gasteiger partial charge is 0.191 e. The van der Waals surface area contributed by atoms with E-state index in [0.29, 0.717) is 29.6 Å². The molecule has 1 aromatic heterocycles. The Morgan fingerprint density at radius 1 is 1.15 bits per heavy atom. The lowest BCUT2D eigenvalue weighted by Gasteiger charge is -2.20. The average molecular weight is 565 g/mol. The van der Waals surface area contributed by atoms with Gasteiger partial charge in [0.1, 0.15) is 17.6 Å². The standard InChI is InChI=1S/C24H31N5O3.HI/c1-5-25-24(26-16-22(30)21-15-20(31-3)10-11-23(21)32-4)28-17(2)18-8-6-9-19(14-18)29-13-7-12-27-29;/h6-15,17,22,30H,5,16H2,1-4H3,(H2,25,26,28);1H.